The van der Waals surface area contributed by atoms with Crippen LogP contribution in [0.25, 0.3) is 10.8 Å². The number of methoxy groups -OCH3 is 1. The van der Waals surface area contributed by atoms with Gasteiger partial charge in [0, 0.05) is 25.6 Å². The van der Waals surface area contributed by atoms with Crippen molar-refractivity contribution in [2.75, 3.05) is 25.6 Å². The van der Waals surface area contributed by atoms with Gasteiger partial charge in [-0.05, 0) is 17.9 Å². The molecular weight excluding hydrogens is 244 g/mol. The number of hydrogen-bond acceptors (Lipinski definition) is 4. The van der Waals surface area contributed by atoms with Crippen molar-refractivity contribution in [3.63, 3.8) is 0 Å². The number of pyridine rings is 1. The molecule has 0 fully saturated rings. The Labute approximate surface area is 111 Å². The Morgan fingerprint density at radius 2 is 2.21 bits per heavy atom. The molecule has 2 rings (SSSR count). The molecule has 5 heteroatoms. The number of carboxylic acids is 1. The van der Waals surface area contributed by atoms with Gasteiger partial charge in [0.25, 0.3) is 0 Å². The number of nitrogens with zero attached hydrogens (tertiary/aromatic N) is 1. The minimum atomic E-state index is -1.02. The van der Waals surface area contributed by atoms with E-state index in [9.17, 15) is 4.79 Å². The standard InChI is InChI=1S/C14H16N2O3/c1-19-8-4-7-15-13-11-6-3-2-5-10(11)9-12(16-13)14(17)18/h2-3,5-6,9H,4,7-8H2,1H3,(H,15,16)(H,17,18). The highest BCUT2D eigenvalue weighted by Gasteiger charge is 2.10. The van der Waals surface area contributed by atoms with Crippen molar-refractivity contribution in [1.82, 2.24) is 4.98 Å². The summed E-state index contributed by atoms with van der Waals surface area (Å²) in [6.45, 7) is 1.34. The molecule has 0 radical (unpaired) electrons. The monoisotopic (exact) mass is 260 g/mol. The maximum Gasteiger partial charge on any atom is 0.354 e. The largest absolute Gasteiger partial charge is 0.477 e. The van der Waals surface area contributed by atoms with E-state index in [1.54, 1.807) is 13.2 Å². The molecule has 2 aromatic rings. The third kappa shape index (κ3) is 3.20. The topological polar surface area (TPSA) is 71.5 Å². The third-order valence-corrected chi connectivity index (χ3v) is 2.78. The Morgan fingerprint density at radius 3 is 2.95 bits per heavy atom. The minimum absolute atomic E-state index is 0.0490. The Bertz CT molecular complexity index is 584. The van der Waals surface area contributed by atoms with Crippen molar-refractivity contribution >= 4 is 22.6 Å². The molecule has 0 saturated carbocycles. The number of anilines is 1. The number of carbonyl (C=O) groups is 1. The Morgan fingerprint density at radius 1 is 1.42 bits per heavy atom. The Balaban J connectivity index is 2.31. The van der Waals surface area contributed by atoms with Crippen LogP contribution in [-0.4, -0.2) is 36.3 Å². The highest BCUT2D eigenvalue weighted by molar-refractivity contribution is 5.97. The van der Waals surface area contributed by atoms with Gasteiger partial charge in [0.2, 0.25) is 0 Å². The predicted molar refractivity (Wildman–Crippen MR) is 73.7 cm³/mol. The maximum atomic E-state index is 11.1. The van der Waals surface area contributed by atoms with Gasteiger partial charge in [0.1, 0.15) is 5.82 Å². The summed E-state index contributed by atoms with van der Waals surface area (Å²) in [4.78, 5) is 15.2. The van der Waals surface area contributed by atoms with E-state index in [1.807, 2.05) is 24.3 Å². The van der Waals surface area contributed by atoms with Gasteiger partial charge in [0.15, 0.2) is 5.69 Å². The normalized spacial score (nSPS) is 10.6. The minimum Gasteiger partial charge on any atom is -0.477 e. The van der Waals surface area contributed by atoms with E-state index in [-0.39, 0.29) is 5.69 Å². The molecular formula is C14H16N2O3. The van der Waals surface area contributed by atoms with Crippen molar-refractivity contribution in [2.45, 2.75) is 6.42 Å². The van der Waals surface area contributed by atoms with Gasteiger partial charge >= 0.3 is 5.97 Å². The molecule has 100 valence electrons. The summed E-state index contributed by atoms with van der Waals surface area (Å²) in [5, 5.41) is 14.0. The lowest BCUT2D eigenvalue weighted by Crippen LogP contribution is -2.09. The molecule has 0 saturated heterocycles. The van der Waals surface area contributed by atoms with Crippen molar-refractivity contribution < 1.29 is 14.6 Å². The smallest absolute Gasteiger partial charge is 0.354 e. The van der Waals surface area contributed by atoms with Crippen LogP contribution in [0.5, 0.6) is 0 Å². The number of fused-ring (bicyclic) bond motifs is 1. The zero-order valence-electron chi connectivity index (χ0n) is 10.7. The molecule has 1 aromatic heterocycles. The van der Waals surface area contributed by atoms with E-state index in [0.29, 0.717) is 19.0 Å². The lowest BCUT2D eigenvalue weighted by atomic mass is 10.1. The number of benzene rings is 1. The summed E-state index contributed by atoms with van der Waals surface area (Å²) in [7, 11) is 1.65. The number of ether oxygens (including phenoxy) is 1. The van der Waals surface area contributed by atoms with E-state index in [0.717, 1.165) is 17.2 Å². The maximum absolute atomic E-state index is 11.1. The van der Waals surface area contributed by atoms with Gasteiger partial charge in [-0.3, -0.25) is 0 Å². The fourth-order valence-electron chi connectivity index (χ4n) is 1.87. The molecule has 19 heavy (non-hydrogen) atoms. The Kier molecular flexibility index (Phi) is 4.30. The van der Waals surface area contributed by atoms with Gasteiger partial charge in [-0.2, -0.15) is 0 Å². The number of aromatic carboxylic acids is 1. The number of hydrogen-bond donors (Lipinski definition) is 2. The van der Waals surface area contributed by atoms with Crippen molar-refractivity contribution in [3.05, 3.63) is 36.0 Å². The summed E-state index contributed by atoms with van der Waals surface area (Å²) < 4.78 is 4.97. The SMILES string of the molecule is COCCCNc1nc(C(=O)O)cc2ccccc12. The molecule has 1 aromatic carbocycles. The quantitative estimate of drug-likeness (QED) is 0.780. The summed E-state index contributed by atoms with van der Waals surface area (Å²) in [5.74, 6) is -0.419. The van der Waals surface area contributed by atoms with Gasteiger partial charge < -0.3 is 15.2 Å². The van der Waals surface area contributed by atoms with Crippen LogP contribution in [0.2, 0.25) is 0 Å². The second-order valence-electron chi connectivity index (χ2n) is 4.16. The molecule has 1 heterocycles. The summed E-state index contributed by atoms with van der Waals surface area (Å²) >= 11 is 0. The van der Waals surface area contributed by atoms with Crippen LogP contribution in [0.15, 0.2) is 30.3 Å². The van der Waals surface area contributed by atoms with Crippen LogP contribution in [0, 0.1) is 0 Å². The van der Waals surface area contributed by atoms with E-state index in [4.69, 9.17) is 9.84 Å². The molecule has 0 aliphatic heterocycles. The highest BCUT2D eigenvalue weighted by Crippen LogP contribution is 2.22. The molecule has 5 nitrogen and oxygen atoms in total. The van der Waals surface area contributed by atoms with Gasteiger partial charge in [-0.1, -0.05) is 24.3 Å². The first-order valence-electron chi connectivity index (χ1n) is 6.08. The van der Waals surface area contributed by atoms with E-state index >= 15 is 0 Å². The molecule has 0 aliphatic carbocycles. The van der Waals surface area contributed by atoms with Crippen molar-refractivity contribution in [3.8, 4) is 0 Å². The molecule has 0 amide bonds. The molecule has 0 aliphatic rings. The second-order valence-corrected chi connectivity index (χ2v) is 4.16. The third-order valence-electron chi connectivity index (χ3n) is 2.78. The lowest BCUT2D eigenvalue weighted by molar-refractivity contribution is 0.0691. The highest BCUT2D eigenvalue weighted by atomic mass is 16.5. The number of rotatable bonds is 6. The van der Waals surface area contributed by atoms with Crippen molar-refractivity contribution in [2.24, 2.45) is 0 Å². The summed E-state index contributed by atoms with van der Waals surface area (Å²) in [6, 6.07) is 9.17. The first-order chi connectivity index (χ1) is 9.22. The van der Waals surface area contributed by atoms with E-state index < -0.39 is 5.97 Å². The molecule has 0 bridgehead atoms. The molecule has 2 N–H and O–H groups in total. The number of aromatic nitrogens is 1. The van der Waals surface area contributed by atoms with Crippen LogP contribution in [-0.2, 0) is 4.74 Å². The zero-order chi connectivity index (χ0) is 13.7. The lowest BCUT2D eigenvalue weighted by Gasteiger charge is -2.09. The van der Waals surface area contributed by atoms with E-state index in [2.05, 4.69) is 10.3 Å². The molecule has 0 atom stereocenters. The molecule has 0 unspecified atom stereocenters. The number of carboxylic acid groups (broad SMARTS) is 1. The van der Waals surface area contributed by atoms with Gasteiger partial charge in [-0.15, -0.1) is 0 Å². The summed E-state index contributed by atoms with van der Waals surface area (Å²) in [6.07, 6.45) is 0.837. The van der Waals surface area contributed by atoms with Gasteiger partial charge in [-0.25, -0.2) is 9.78 Å². The number of nitrogens with one attached hydrogen (secondary N) is 1. The molecule has 0 spiro atoms. The Hall–Kier alpha value is -2.14. The van der Waals surface area contributed by atoms with Crippen LogP contribution in [0.3, 0.4) is 0 Å². The average Bonchev–Trinajstić information content (AvgIpc) is 2.43. The zero-order valence-corrected chi connectivity index (χ0v) is 10.7. The van der Waals surface area contributed by atoms with Crippen LogP contribution in [0.1, 0.15) is 16.9 Å². The van der Waals surface area contributed by atoms with Gasteiger partial charge in [0.05, 0.1) is 0 Å². The van der Waals surface area contributed by atoms with Crippen molar-refractivity contribution in [1.29, 1.82) is 0 Å². The van der Waals surface area contributed by atoms with Crippen LogP contribution < -0.4 is 5.32 Å². The first kappa shape index (κ1) is 13.3. The van der Waals surface area contributed by atoms with Crippen LogP contribution in [0.4, 0.5) is 5.82 Å². The summed E-state index contributed by atoms with van der Waals surface area (Å²) in [5.41, 5.74) is 0.0490. The second kappa shape index (κ2) is 6.15. The first-order valence-corrected chi connectivity index (χ1v) is 6.08. The van der Waals surface area contributed by atoms with E-state index in [1.165, 1.54) is 0 Å². The predicted octanol–water partition coefficient (Wildman–Crippen LogP) is 2.38. The average molecular weight is 260 g/mol. The van der Waals surface area contributed by atoms with Crippen LogP contribution >= 0.6 is 0 Å². The fourth-order valence-corrected chi connectivity index (χ4v) is 1.87. The fraction of sp³-hybridized carbons (Fsp3) is 0.286.